The summed E-state index contributed by atoms with van der Waals surface area (Å²) < 4.78 is 7.83. The summed E-state index contributed by atoms with van der Waals surface area (Å²) in [6.45, 7) is 2.95. The third-order valence-corrected chi connectivity index (χ3v) is 10.0. The summed E-state index contributed by atoms with van der Waals surface area (Å²) in [5.41, 5.74) is 1.05. The molecular formula is C33H34Cl2N6O4. The summed E-state index contributed by atoms with van der Waals surface area (Å²) in [7, 11) is 4.14. The Morgan fingerprint density at radius 2 is 1.87 bits per heavy atom. The minimum atomic E-state index is -1.30. The minimum Gasteiger partial charge on any atom is -0.477 e. The van der Waals surface area contributed by atoms with E-state index in [-0.39, 0.29) is 17.0 Å². The largest absolute Gasteiger partial charge is 0.477 e. The fourth-order valence-electron chi connectivity index (χ4n) is 6.56. The average molecular weight is 650 g/mol. The van der Waals surface area contributed by atoms with Crippen LogP contribution >= 0.6 is 23.2 Å². The Morgan fingerprint density at radius 1 is 1.07 bits per heavy atom. The maximum absolute atomic E-state index is 13.4. The molecule has 2 saturated heterocycles. The van der Waals surface area contributed by atoms with E-state index in [0.717, 1.165) is 37.6 Å². The molecule has 5 heterocycles. The number of fused-ring (bicyclic) bond motifs is 1. The van der Waals surface area contributed by atoms with E-state index in [0.29, 0.717) is 51.6 Å². The van der Waals surface area contributed by atoms with Crippen molar-refractivity contribution >= 4 is 51.6 Å². The van der Waals surface area contributed by atoms with Crippen LogP contribution in [0.4, 0.5) is 11.5 Å². The number of aromatic carboxylic acids is 1. The molecule has 1 N–H and O–H groups in total. The van der Waals surface area contributed by atoms with E-state index in [4.69, 9.17) is 32.9 Å². The molecule has 12 heteroatoms. The van der Waals surface area contributed by atoms with Crippen molar-refractivity contribution in [2.45, 2.75) is 31.3 Å². The van der Waals surface area contributed by atoms with Crippen LogP contribution in [0.1, 0.15) is 29.6 Å². The smallest absolute Gasteiger partial charge is 0.341 e. The summed E-state index contributed by atoms with van der Waals surface area (Å²) in [5, 5.41) is 11.0. The summed E-state index contributed by atoms with van der Waals surface area (Å²) in [6.07, 6.45) is 8.12. The molecule has 2 atom stereocenters. The Bertz CT molecular complexity index is 1820. The number of likely N-dealkylation sites (N-methyl/N-ethyl adjacent to an activating group) is 1. The lowest BCUT2D eigenvalue weighted by Gasteiger charge is -2.43. The lowest BCUT2D eigenvalue weighted by atomic mass is 10.0. The fraction of sp³-hybridized carbons (Fsp3) is 0.394. The standard InChI is InChI=1S/C33H34Cl2N6O4/c1-38(2)23-15-39(16-23)30-8-7-21(13-37-30)41-17-25(33(43)44)31(42)24-11-27(35)29(12-28(24)41)40-14-20(19-5-6-19)10-22(40)18-45-32-26(34)4-3-9-36-32/h3-4,7-9,11-13,17,19-20,22-23H,5-6,10,14-16,18H2,1-2H3,(H,43,44)/t20?,22-/m1/s1. The topological polar surface area (TPSA) is 104 Å². The van der Waals surface area contributed by atoms with Gasteiger partial charge < -0.3 is 29.1 Å². The first-order chi connectivity index (χ1) is 21.7. The van der Waals surface area contributed by atoms with E-state index < -0.39 is 11.4 Å². The normalized spacial score (nSPS) is 20.2. The van der Waals surface area contributed by atoms with Crippen molar-refractivity contribution in [3.05, 3.63) is 80.8 Å². The van der Waals surface area contributed by atoms with Crippen molar-refractivity contribution < 1.29 is 14.6 Å². The van der Waals surface area contributed by atoms with Crippen LogP contribution < -0.4 is 20.0 Å². The van der Waals surface area contributed by atoms with Crippen LogP contribution in [0.15, 0.2) is 59.8 Å². The van der Waals surface area contributed by atoms with Gasteiger partial charge in [0, 0.05) is 43.5 Å². The molecule has 2 aliphatic heterocycles. The van der Waals surface area contributed by atoms with Crippen LogP contribution in [-0.2, 0) is 0 Å². The van der Waals surface area contributed by atoms with Gasteiger partial charge in [0.1, 0.15) is 23.0 Å². The second kappa shape index (κ2) is 11.8. The number of halogens is 2. The van der Waals surface area contributed by atoms with Crippen molar-refractivity contribution in [1.29, 1.82) is 0 Å². The molecule has 3 fully saturated rings. The monoisotopic (exact) mass is 648 g/mol. The van der Waals surface area contributed by atoms with Crippen molar-refractivity contribution in [3.63, 3.8) is 0 Å². The number of carboxylic acids is 1. The van der Waals surface area contributed by atoms with E-state index in [1.165, 1.54) is 19.0 Å². The van der Waals surface area contributed by atoms with Gasteiger partial charge in [-0.3, -0.25) is 4.79 Å². The zero-order valence-electron chi connectivity index (χ0n) is 25.1. The Labute approximate surface area is 270 Å². The Hall–Kier alpha value is -3.86. The summed E-state index contributed by atoms with van der Waals surface area (Å²) in [5.74, 6) is 1.11. The van der Waals surface area contributed by atoms with Crippen LogP contribution in [0.3, 0.4) is 0 Å². The molecule has 1 unspecified atom stereocenters. The fourth-order valence-corrected chi connectivity index (χ4v) is 7.01. The third kappa shape index (κ3) is 5.71. The Kier molecular flexibility index (Phi) is 7.83. The molecule has 1 saturated carbocycles. The van der Waals surface area contributed by atoms with Gasteiger partial charge in [0.25, 0.3) is 0 Å². The molecule has 234 valence electrons. The summed E-state index contributed by atoms with van der Waals surface area (Å²) in [6, 6.07) is 11.3. The summed E-state index contributed by atoms with van der Waals surface area (Å²) >= 11 is 13.2. The number of anilines is 2. The van der Waals surface area contributed by atoms with E-state index >= 15 is 0 Å². The predicted molar refractivity (Wildman–Crippen MR) is 176 cm³/mol. The number of carboxylic acid groups (broad SMARTS) is 1. The molecular weight excluding hydrogens is 615 g/mol. The van der Waals surface area contributed by atoms with Gasteiger partial charge in [0.05, 0.1) is 34.2 Å². The van der Waals surface area contributed by atoms with E-state index in [9.17, 15) is 14.7 Å². The number of aromatic nitrogens is 3. The predicted octanol–water partition coefficient (Wildman–Crippen LogP) is 5.22. The number of nitrogens with zero attached hydrogens (tertiary/aromatic N) is 6. The highest BCUT2D eigenvalue weighted by molar-refractivity contribution is 6.34. The molecule has 3 aliphatic rings. The second-order valence-corrected chi connectivity index (χ2v) is 13.3. The van der Waals surface area contributed by atoms with Crippen molar-refractivity contribution in [3.8, 4) is 11.6 Å². The number of hydrogen-bond acceptors (Lipinski definition) is 8. The van der Waals surface area contributed by atoms with E-state index in [1.807, 2.05) is 18.2 Å². The van der Waals surface area contributed by atoms with Gasteiger partial charge in [0.15, 0.2) is 0 Å². The molecule has 7 rings (SSSR count). The molecule has 10 nitrogen and oxygen atoms in total. The third-order valence-electron chi connectivity index (χ3n) is 9.41. The number of hydrogen-bond donors (Lipinski definition) is 1. The lowest BCUT2D eigenvalue weighted by molar-refractivity contribution is 0.0695. The molecule has 0 radical (unpaired) electrons. The maximum Gasteiger partial charge on any atom is 0.341 e. The average Bonchev–Trinajstić information content (AvgIpc) is 3.76. The zero-order valence-corrected chi connectivity index (χ0v) is 26.6. The second-order valence-electron chi connectivity index (χ2n) is 12.5. The van der Waals surface area contributed by atoms with E-state index in [2.05, 4.69) is 33.8 Å². The van der Waals surface area contributed by atoms with Crippen LogP contribution in [0, 0.1) is 11.8 Å². The first-order valence-electron chi connectivity index (χ1n) is 15.2. The Morgan fingerprint density at radius 3 is 2.53 bits per heavy atom. The molecule has 0 spiro atoms. The van der Waals surface area contributed by atoms with Crippen LogP contribution in [0.5, 0.6) is 5.88 Å². The number of rotatable bonds is 9. The summed E-state index contributed by atoms with van der Waals surface area (Å²) in [4.78, 5) is 41.2. The number of carbonyl (C=O) groups is 1. The number of ether oxygens (including phenoxy) is 1. The molecule has 0 amide bonds. The minimum absolute atomic E-state index is 0.00514. The molecule has 0 bridgehead atoms. The van der Waals surface area contributed by atoms with Gasteiger partial charge in [-0.25, -0.2) is 14.8 Å². The first-order valence-corrected chi connectivity index (χ1v) is 15.9. The van der Waals surface area contributed by atoms with Gasteiger partial charge in [-0.1, -0.05) is 23.2 Å². The highest BCUT2D eigenvalue weighted by Gasteiger charge is 2.42. The van der Waals surface area contributed by atoms with Crippen LogP contribution in [-0.4, -0.2) is 82.9 Å². The SMILES string of the molecule is CN(C)C1CN(c2ccc(-n3cc(C(=O)O)c(=O)c4cc(Cl)c(N5CC(C6CC6)C[C@@H]5COc5ncccc5Cl)cc43)cn2)C1. The van der Waals surface area contributed by atoms with Crippen LogP contribution in [0.25, 0.3) is 16.6 Å². The number of pyridine rings is 3. The Balaban J connectivity index is 1.26. The quantitative estimate of drug-likeness (QED) is 0.262. The lowest BCUT2D eigenvalue weighted by Crippen LogP contribution is -2.57. The van der Waals surface area contributed by atoms with Gasteiger partial charge >= 0.3 is 5.97 Å². The maximum atomic E-state index is 13.4. The van der Waals surface area contributed by atoms with Crippen molar-refractivity contribution in [2.24, 2.45) is 11.8 Å². The molecule has 1 aliphatic carbocycles. The van der Waals surface area contributed by atoms with Gasteiger partial charge in [-0.05, 0) is 81.6 Å². The molecule has 45 heavy (non-hydrogen) atoms. The first kappa shape index (κ1) is 29.8. The highest BCUT2D eigenvalue weighted by atomic mass is 35.5. The molecule has 1 aromatic carbocycles. The van der Waals surface area contributed by atoms with Gasteiger partial charge in [-0.2, -0.15) is 0 Å². The molecule has 3 aromatic heterocycles. The van der Waals surface area contributed by atoms with E-state index in [1.54, 1.807) is 35.2 Å². The van der Waals surface area contributed by atoms with Gasteiger partial charge in [-0.15, -0.1) is 0 Å². The number of benzene rings is 1. The van der Waals surface area contributed by atoms with Crippen LogP contribution in [0.2, 0.25) is 10.0 Å². The van der Waals surface area contributed by atoms with Crippen molar-refractivity contribution in [2.75, 3.05) is 50.1 Å². The highest BCUT2D eigenvalue weighted by Crippen LogP contribution is 2.46. The van der Waals surface area contributed by atoms with Crippen molar-refractivity contribution in [1.82, 2.24) is 19.4 Å². The zero-order chi connectivity index (χ0) is 31.4. The van der Waals surface area contributed by atoms with Gasteiger partial charge in [0.2, 0.25) is 11.3 Å². The molecule has 4 aromatic rings.